The van der Waals surface area contributed by atoms with E-state index in [0.717, 1.165) is 42.8 Å². The van der Waals surface area contributed by atoms with Crippen LogP contribution in [0.2, 0.25) is 0 Å². The van der Waals surface area contributed by atoms with Crippen molar-refractivity contribution in [2.75, 3.05) is 45.7 Å². The molecule has 1 aliphatic heterocycles. The first-order valence-electron chi connectivity index (χ1n) is 7.88. The van der Waals surface area contributed by atoms with Crippen LogP contribution in [-0.2, 0) is 10.0 Å². The zero-order valence-electron chi connectivity index (χ0n) is 14.2. The Balaban J connectivity index is 2.39. The average Bonchev–Trinajstić information content (AvgIpc) is 2.54. The van der Waals surface area contributed by atoms with Crippen molar-refractivity contribution in [3.8, 4) is 0 Å². The second kappa shape index (κ2) is 7.45. The van der Waals surface area contributed by atoms with E-state index in [4.69, 9.17) is 0 Å². The molecule has 1 fully saturated rings. The van der Waals surface area contributed by atoms with Gasteiger partial charge < -0.3 is 10.2 Å². The lowest BCUT2D eigenvalue weighted by Crippen LogP contribution is -2.39. The number of anilines is 1. The number of hydrogen-bond donors (Lipinski definition) is 1. The van der Waals surface area contributed by atoms with Crippen molar-refractivity contribution < 1.29 is 13.3 Å². The molecular weight excluding hydrogens is 332 g/mol. The molecule has 2 rings (SSSR count). The fraction of sp³-hybridized carbons (Fsp3) is 0.600. The second-order valence-electron chi connectivity index (χ2n) is 6.21. The van der Waals surface area contributed by atoms with Crippen LogP contribution in [0.25, 0.3) is 0 Å². The van der Waals surface area contributed by atoms with Gasteiger partial charge in [0.1, 0.15) is 5.69 Å². The van der Waals surface area contributed by atoms with Gasteiger partial charge in [-0.05, 0) is 44.5 Å². The predicted octanol–water partition coefficient (Wildman–Crippen LogP) is 1.28. The fourth-order valence-corrected chi connectivity index (χ4v) is 3.95. The second-order valence-corrected chi connectivity index (χ2v) is 8.36. The summed E-state index contributed by atoms with van der Waals surface area (Å²) in [4.78, 5) is 12.9. The van der Waals surface area contributed by atoms with Gasteiger partial charge >= 0.3 is 0 Å². The first-order chi connectivity index (χ1) is 11.3. The van der Waals surface area contributed by atoms with Crippen molar-refractivity contribution in [1.29, 1.82) is 0 Å². The molecule has 1 unspecified atom stereocenters. The zero-order valence-corrected chi connectivity index (χ0v) is 15.0. The Hall–Kier alpha value is -1.71. The summed E-state index contributed by atoms with van der Waals surface area (Å²) in [6, 6.07) is 4.15. The van der Waals surface area contributed by atoms with Crippen LogP contribution in [0.1, 0.15) is 12.8 Å². The molecule has 9 heteroatoms. The molecule has 8 nitrogen and oxygen atoms in total. The summed E-state index contributed by atoms with van der Waals surface area (Å²) in [5, 5.41) is 14.6. The molecule has 1 N–H and O–H groups in total. The maximum atomic E-state index is 12.2. The smallest absolute Gasteiger partial charge is 0.293 e. The third kappa shape index (κ3) is 3.85. The lowest BCUT2D eigenvalue weighted by molar-refractivity contribution is -0.384. The van der Waals surface area contributed by atoms with Crippen molar-refractivity contribution in [1.82, 2.24) is 9.62 Å². The number of benzene rings is 1. The van der Waals surface area contributed by atoms with Crippen molar-refractivity contribution in [3.63, 3.8) is 0 Å². The summed E-state index contributed by atoms with van der Waals surface area (Å²) in [6.45, 7) is 2.32. The number of rotatable bonds is 6. The molecule has 24 heavy (non-hydrogen) atoms. The Labute approximate surface area is 142 Å². The maximum Gasteiger partial charge on any atom is 0.293 e. The standard InChI is InChI=1S/C15H24N4O4S/c1-16-10-12-5-4-8-18(11-12)14-7-6-13(9-15(14)19(20)21)24(22,23)17(2)3/h6-7,9,12,16H,4-5,8,10-11H2,1-3H3. The third-order valence-electron chi connectivity index (χ3n) is 4.27. The first kappa shape index (κ1) is 18.6. The molecular formula is C15H24N4O4S. The summed E-state index contributed by atoms with van der Waals surface area (Å²) in [7, 11) is 1.00. The molecule has 0 radical (unpaired) electrons. The van der Waals surface area contributed by atoms with E-state index in [1.807, 2.05) is 11.9 Å². The van der Waals surface area contributed by atoms with Gasteiger partial charge in [0.25, 0.3) is 5.69 Å². The summed E-state index contributed by atoms with van der Waals surface area (Å²) < 4.78 is 25.5. The summed E-state index contributed by atoms with van der Waals surface area (Å²) in [5.74, 6) is 0.425. The Bertz CT molecular complexity index is 703. The molecule has 134 valence electrons. The van der Waals surface area contributed by atoms with Gasteiger partial charge in [-0.1, -0.05) is 0 Å². The average molecular weight is 356 g/mol. The number of nitro groups is 1. The Morgan fingerprint density at radius 2 is 2.12 bits per heavy atom. The number of piperidine rings is 1. The third-order valence-corrected chi connectivity index (χ3v) is 6.09. The molecule has 0 spiro atoms. The van der Waals surface area contributed by atoms with E-state index in [9.17, 15) is 18.5 Å². The zero-order chi connectivity index (χ0) is 17.9. The lowest BCUT2D eigenvalue weighted by Gasteiger charge is -2.34. The molecule has 0 aromatic heterocycles. The van der Waals surface area contributed by atoms with E-state index < -0.39 is 14.9 Å². The predicted molar refractivity (Wildman–Crippen MR) is 92.8 cm³/mol. The largest absolute Gasteiger partial charge is 0.366 e. The molecule has 1 heterocycles. The number of sulfonamides is 1. The van der Waals surface area contributed by atoms with E-state index in [1.54, 1.807) is 6.07 Å². The lowest BCUT2D eigenvalue weighted by atomic mass is 9.97. The highest BCUT2D eigenvalue weighted by atomic mass is 32.2. The van der Waals surface area contributed by atoms with Gasteiger partial charge in [0.2, 0.25) is 10.0 Å². The molecule has 1 aromatic carbocycles. The molecule has 0 saturated carbocycles. The minimum Gasteiger partial charge on any atom is -0.366 e. The van der Waals surface area contributed by atoms with Gasteiger partial charge in [0.05, 0.1) is 9.82 Å². The SMILES string of the molecule is CNCC1CCCN(c2ccc(S(=O)(=O)N(C)C)cc2[N+](=O)[O-])C1. The van der Waals surface area contributed by atoms with Crippen LogP contribution in [0.4, 0.5) is 11.4 Å². The summed E-state index contributed by atoms with van der Waals surface area (Å²) in [6.07, 6.45) is 2.04. The van der Waals surface area contributed by atoms with E-state index in [0.29, 0.717) is 11.6 Å². The molecule has 1 atom stereocenters. The summed E-state index contributed by atoms with van der Waals surface area (Å²) >= 11 is 0. The topological polar surface area (TPSA) is 95.8 Å². The Morgan fingerprint density at radius 3 is 2.71 bits per heavy atom. The van der Waals surface area contributed by atoms with Crippen LogP contribution in [-0.4, -0.2) is 58.4 Å². The van der Waals surface area contributed by atoms with Gasteiger partial charge in [-0.15, -0.1) is 0 Å². The Kier molecular flexibility index (Phi) is 5.79. The van der Waals surface area contributed by atoms with Crippen LogP contribution < -0.4 is 10.2 Å². The van der Waals surface area contributed by atoms with Crippen LogP contribution in [0, 0.1) is 16.0 Å². The van der Waals surface area contributed by atoms with Crippen molar-refractivity contribution in [2.24, 2.45) is 5.92 Å². The first-order valence-corrected chi connectivity index (χ1v) is 9.32. The number of nitro benzene ring substituents is 1. The van der Waals surface area contributed by atoms with Gasteiger partial charge in [-0.3, -0.25) is 10.1 Å². The highest BCUT2D eigenvalue weighted by Crippen LogP contribution is 2.34. The van der Waals surface area contributed by atoms with Gasteiger partial charge in [-0.2, -0.15) is 0 Å². The number of nitrogens with zero attached hydrogens (tertiary/aromatic N) is 3. The van der Waals surface area contributed by atoms with Crippen LogP contribution >= 0.6 is 0 Å². The molecule has 1 saturated heterocycles. The molecule has 0 bridgehead atoms. The van der Waals surface area contributed by atoms with E-state index in [2.05, 4.69) is 5.32 Å². The van der Waals surface area contributed by atoms with Crippen LogP contribution in [0.5, 0.6) is 0 Å². The van der Waals surface area contributed by atoms with Crippen molar-refractivity contribution in [3.05, 3.63) is 28.3 Å². The quantitative estimate of drug-likeness (QED) is 0.609. The van der Waals surface area contributed by atoms with Crippen molar-refractivity contribution >= 4 is 21.4 Å². The van der Waals surface area contributed by atoms with E-state index in [1.165, 1.54) is 20.2 Å². The highest BCUT2D eigenvalue weighted by Gasteiger charge is 2.28. The van der Waals surface area contributed by atoms with Gasteiger partial charge in [0, 0.05) is 33.3 Å². The minimum absolute atomic E-state index is 0.0632. The van der Waals surface area contributed by atoms with Crippen LogP contribution in [0.3, 0.4) is 0 Å². The molecule has 1 aliphatic rings. The Morgan fingerprint density at radius 1 is 1.42 bits per heavy atom. The van der Waals surface area contributed by atoms with E-state index >= 15 is 0 Å². The fourth-order valence-electron chi connectivity index (χ4n) is 3.03. The van der Waals surface area contributed by atoms with Crippen molar-refractivity contribution in [2.45, 2.75) is 17.7 Å². The van der Waals surface area contributed by atoms with E-state index in [-0.39, 0.29) is 10.6 Å². The normalized spacial score (nSPS) is 18.8. The molecule has 0 aliphatic carbocycles. The monoisotopic (exact) mass is 356 g/mol. The molecule has 1 aromatic rings. The minimum atomic E-state index is -3.70. The number of hydrogen-bond acceptors (Lipinski definition) is 6. The number of nitrogens with one attached hydrogen (secondary N) is 1. The van der Waals surface area contributed by atoms with Gasteiger partial charge in [0.15, 0.2) is 0 Å². The van der Waals surface area contributed by atoms with Crippen LogP contribution in [0.15, 0.2) is 23.1 Å². The maximum absolute atomic E-state index is 12.2. The molecule has 0 amide bonds. The highest BCUT2D eigenvalue weighted by molar-refractivity contribution is 7.89. The van der Waals surface area contributed by atoms with Gasteiger partial charge in [-0.25, -0.2) is 12.7 Å². The summed E-state index contributed by atoms with van der Waals surface area (Å²) in [5.41, 5.74) is 0.321.